The molecular formula is C26H21NO3S. The van der Waals surface area contributed by atoms with Crippen LogP contribution in [0.25, 0.3) is 43.1 Å². The van der Waals surface area contributed by atoms with Crippen molar-refractivity contribution in [2.24, 2.45) is 0 Å². The molecule has 0 heterocycles. The van der Waals surface area contributed by atoms with E-state index in [1.165, 1.54) is 67.3 Å². The fraction of sp³-hybridized carbons (Fsp3) is 0.154. The van der Waals surface area contributed by atoms with Crippen LogP contribution in [-0.2, 0) is 15.3 Å². The second kappa shape index (κ2) is 7.75. The fourth-order valence-corrected chi connectivity index (χ4v) is 5.63. The summed E-state index contributed by atoms with van der Waals surface area (Å²) in [6.45, 7) is 1.34. The van der Waals surface area contributed by atoms with E-state index in [2.05, 4.69) is 66.0 Å². The Kier molecular flexibility index (Phi) is 4.91. The van der Waals surface area contributed by atoms with Gasteiger partial charge in [-0.15, -0.1) is 0 Å². The highest BCUT2D eigenvalue weighted by Crippen LogP contribution is 2.41. The van der Waals surface area contributed by atoms with Crippen molar-refractivity contribution < 1.29 is 14.7 Å². The lowest BCUT2D eigenvalue weighted by Crippen LogP contribution is -2.41. The van der Waals surface area contributed by atoms with Gasteiger partial charge in [0.1, 0.15) is 6.04 Å². The minimum absolute atomic E-state index is 0.311. The van der Waals surface area contributed by atoms with Crippen molar-refractivity contribution in [3.8, 4) is 0 Å². The number of benzene rings is 5. The number of nitrogens with one attached hydrogen (secondary N) is 1. The smallest absolute Gasteiger partial charge is 0.327 e. The van der Waals surface area contributed by atoms with Crippen LogP contribution >= 0.6 is 11.8 Å². The molecule has 0 aliphatic heterocycles. The van der Waals surface area contributed by atoms with E-state index in [0.29, 0.717) is 11.5 Å². The van der Waals surface area contributed by atoms with Gasteiger partial charge in [-0.1, -0.05) is 66.7 Å². The third-order valence-electron chi connectivity index (χ3n) is 5.85. The summed E-state index contributed by atoms with van der Waals surface area (Å²) in [5, 5.41) is 21.8. The number of hydrogen-bond acceptors (Lipinski definition) is 3. The number of carbonyl (C=O) groups is 2. The van der Waals surface area contributed by atoms with Gasteiger partial charge in [0, 0.05) is 18.4 Å². The first-order valence-electron chi connectivity index (χ1n) is 10.2. The van der Waals surface area contributed by atoms with Gasteiger partial charge in [0.15, 0.2) is 0 Å². The van der Waals surface area contributed by atoms with E-state index in [0.717, 1.165) is 0 Å². The molecule has 5 heteroatoms. The van der Waals surface area contributed by atoms with Gasteiger partial charge in [-0.2, -0.15) is 11.8 Å². The Morgan fingerprint density at radius 2 is 1.52 bits per heavy atom. The van der Waals surface area contributed by atoms with Crippen LogP contribution in [0.15, 0.2) is 66.7 Å². The molecule has 1 amide bonds. The predicted octanol–water partition coefficient (Wildman–Crippen LogP) is 5.56. The summed E-state index contributed by atoms with van der Waals surface area (Å²) in [5.74, 6) is -0.368. The molecule has 4 nitrogen and oxygen atoms in total. The molecule has 0 radical (unpaired) electrons. The molecule has 0 bridgehead atoms. The van der Waals surface area contributed by atoms with Crippen LogP contribution in [0.1, 0.15) is 12.5 Å². The van der Waals surface area contributed by atoms with E-state index in [4.69, 9.17) is 0 Å². The SMILES string of the molecule is CC(=O)NC(CSCc1c2ccccc2c2ccc3cccc4ccc1c2c43)C(=O)O. The second-order valence-corrected chi connectivity index (χ2v) is 8.84. The van der Waals surface area contributed by atoms with Crippen LogP contribution < -0.4 is 5.32 Å². The standard InChI is InChI=1S/C26H21NO3S/c1-15(28)27-23(26(29)30)14-31-13-22-19-8-3-2-7-18(19)20-11-9-16-5-4-6-17-10-12-21(22)25(20)24(16)17/h2-12,23H,13-14H2,1H3,(H,27,28)(H,29,30). The predicted molar refractivity (Wildman–Crippen MR) is 129 cm³/mol. The molecule has 0 aromatic heterocycles. The van der Waals surface area contributed by atoms with E-state index in [1.54, 1.807) is 0 Å². The molecule has 0 aliphatic carbocycles. The first kappa shape index (κ1) is 19.6. The minimum Gasteiger partial charge on any atom is -0.480 e. The van der Waals surface area contributed by atoms with E-state index in [-0.39, 0.29) is 5.91 Å². The maximum absolute atomic E-state index is 11.5. The van der Waals surface area contributed by atoms with Crippen LogP contribution in [0.4, 0.5) is 0 Å². The van der Waals surface area contributed by atoms with Crippen LogP contribution in [0.5, 0.6) is 0 Å². The highest BCUT2D eigenvalue weighted by Gasteiger charge is 2.20. The van der Waals surface area contributed by atoms with Gasteiger partial charge in [0.25, 0.3) is 0 Å². The molecule has 0 saturated heterocycles. The van der Waals surface area contributed by atoms with Gasteiger partial charge >= 0.3 is 5.97 Å². The van der Waals surface area contributed by atoms with E-state index < -0.39 is 12.0 Å². The van der Waals surface area contributed by atoms with Crippen molar-refractivity contribution in [3.05, 3.63) is 72.3 Å². The number of carboxylic acid groups (broad SMARTS) is 1. The monoisotopic (exact) mass is 427 g/mol. The lowest BCUT2D eigenvalue weighted by atomic mass is 9.88. The quantitative estimate of drug-likeness (QED) is 0.275. The molecular weight excluding hydrogens is 406 g/mol. The van der Waals surface area contributed by atoms with E-state index >= 15 is 0 Å². The zero-order valence-electron chi connectivity index (χ0n) is 17.0. The summed E-state index contributed by atoms with van der Waals surface area (Å²) in [6.07, 6.45) is 0. The highest BCUT2D eigenvalue weighted by atomic mass is 32.2. The molecule has 0 fully saturated rings. The molecule has 31 heavy (non-hydrogen) atoms. The number of carbonyl (C=O) groups excluding carboxylic acids is 1. The Balaban J connectivity index is 1.66. The number of rotatable bonds is 6. The number of thioether (sulfide) groups is 1. The lowest BCUT2D eigenvalue weighted by Gasteiger charge is -2.18. The van der Waals surface area contributed by atoms with Gasteiger partial charge in [-0.3, -0.25) is 4.79 Å². The summed E-state index contributed by atoms with van der Waals surface area (Å²) in [5.41, 5.74) is 1.21. The van der Waals surface area contributed by atoms with Gasteiger partial charge in [-0.05, 0) is 48.7 Å². The van der Waals surface area contributed by atoms with E-state index in [9.17, 15) is 14.7 Å². The Morgan fingerprint density at radius 1 is 0.839 bits per heavy atom. The molecule has 1 unspecified atom stereocenters. The van der Waals surface area contributed by atoms with Gasteiger partial charge in [0.05, 0.1) is 0 Å². The number of amides is 1. The average Bonchev–Trinajstić information content (AvgIpc) is 2.77. The molecule has 5 rings (SSSR count). The van der Waals surface area contributed by atoms with Crippen LogP contribution in [0.3, 0.4) is 0 Å². The summed E-state index contributed by atoms with van der Waals surface area (Å²) < 4.78 is 0. The van der Waals surface area contributed by atoms with Crippen molar-refractivity contribution in [2.75, 3.05) is 5.75 Å². The summed E-state index contributed by atoms with van der Waals surface area (Å²) in [4.78, 5) is 22.9. The molecule has 0 spiro atoms. The zero-order valence-corrected chi connectivity index (χ0v) is 17.8. The third kappa shape index (κ3) is 3.35. The Bertz CT molecular complexity index is 1440. The normalized spacial score (nSPS) is 12.7. The van der Waals surface area contributed by atoms with Crippen molar-refractivity contribution in [2.45, 2.75) is 18.7 Å². The van der Waals surface area contributed by atoms with Crippen LogP contribution in [0, 0.1) is 0 Å². The number of hydrogen-bond donors (Lipinski definition) is 2. The van der Waals surface area contributed by atoms with Gasteiger partial charge in [-0.25, -0.2) is 4.79 Å². The largest absolute Gasteiger partial charge is 0.480 e. The molecule has 0 saturated carbocycles. The number of fused-ring (bicyclic) bond motifs is 2. The van der Waals surface area contributed by atoms with Crippen LogP contribution in [0.2, 0.25) is 0 Å². The Labute approximate surface area is 183 Å². The molecule has 2 N–H and O–H groups in total. The molecule has 1 atom stereocenters. The Hall–Kier alpha value is -3.31. The van der Waals surface area contributed by atoms with Crippen molar-refractivity contribution >= 4 is 66.7 Å². The lowest BCUT2D eigenvalue weighted by molar-refractivity contribution is -0.140. The summed E-state index contributed by atoms with van der Waals surface area (Å²) in [7, 11) is 0. The third-order valence-corrected chi connectivity index (χ3v) is 6.91. The van der Waals surface area contributed by atoms with Crippen molar-refractivity contribution in [3.63, 3.8) is 0 Å². The second-order valence-electron chi connectivity index (χ2n) is 7.81. The highest BCUT2D eigenvalue weighted by molar-refractivity contribution is 7.98. The topological polar surface area (TPSA) is 66.4 Å². The first-order valence-corrected chi connectivity index (χ1v) is 11.3. The average molecular weight is 428 g/mol. The van der Waals surface area contributed by atoms with Crippen molar-refractivity contribution in [1.82, 2.24) is 5.32 Å². The number of aliphatic carboxylic acids is 1. The molecule has 154 valence electrons. The Morgan fingerprint density at radius 3 is 2.19 bits per heavy atom. The summed E-state index contributed by atoms with van der Waals surface area (Å²) in [6, 6.07) is 22.7. The van der Waals surface area contributed by atoms with Gasteiger partial charge < -0.3 is 10.4 Å². The first-order chi connectivity index (χ1) is 15.0. The fourth-order valence-electron chi connectivity index (χ4n) is 4.54. The molecule has 5 aromatic rings. The maximum Gasteiger partial charge on any atom is 0.327 e. The molecule has 0 aliphatic rings. The van der Waals surface area contributed by atoms with Gasteiger partial charge in [0.2, 0.25) is 5.91 Å². The van der Waals surface area contributed by atoms with Crippen molar-refractivity contribution in [1.29, 1.82) is 0 Å². The maximum atomic E-state index is 11.5. The van der Waals surface area contributed by atoms with E-state index in [1.807, 2.05) is 6.07 Å². The van der Waals surface area contributed by atoms with Crippen LogP contribution in [-0.4, -0.2) is 28.8 Å². The summed E-state index contributed by atoms with van der Waals surface area (Å²) >= 11 is 1.53. The number of carboxylic acids is 1. The zero-order chi connectivity index (χ0) is 21.5. The molecule has 5 aromatic carbocycles. The minimum atomic E-state index is -1.01.